The Morgan fingerprint density at radius 2 is 1.74 bits per heavy atom. The molecule has 34 heavy (non-hydrogen) atoms. The number of amides is 1. The average Bonchev–Trinajstić information content (AvgIpc) is 3.36. The zero-order valence-corrected chi connectivity index (χ0v) is 18.4. The van der Waals surface area contributed by atoms with E-state index < -0.39 is 0 Å². The van der Waals surface area contributed by atoms with Crippen LogP contribution in [0.25, 0.3) is 11.3 Å². The second-order valence-corrected chi connectivity index (χ2v) is 7.49. The molecule has 0 saturated carbocycles. The van der Waals surface area contributed by atoms with Crippen molar-refractivity contribution in [1.29, 1.82) is 0 Å². The van der Waals surface area contributed by atoms with Crippen molar-refractivity contribution in [3.8, 4) is 40.1 Å². The summed E-state index contributed by atoms with van der Waals surface area (Å²) in [7, 11) is 1.61. The lowest BCUT2D eigenvalue weighted by Crippen LogP contribution is -2.22. The highest BCUT2D eigenvalue weighted by Gasteiger charge is 2.14. The molecule has 0 atom stereocenters. The molecule has 0 bridgehead atoms. The molecule has 1 aliphatic heterocycles. The van der Waals surface area contributed by atoms with Gasteiger partial charge in [0.25, 0.3) is 5.91 Å². The Bertz CT molecular complexity index is 1310. The highest BCUT2D eigenvalue weighted by Crippen LogP contribution is 2.32. The molecule has 8 nitrogen and oxygen atoms in total. The molecule has 0 radical (unpaired) electrons. The van der Waals surface area contributed by atoms with Crippen LogP contribution in [0.1, 0.15) is 15.9 Å². The topological polar surface area (TPSA) is 91.8 Å². The molecule has 3 aromatic carbocycles. The van der Waals surface area contributed by atoms with Crippen LogP contribution in [0.5, 0.6) is 28.9 Å². The molecule has 8 heteroatoms. The van der Waals surface area contributed by atoms with E-state index in [1.807, 2.05) is 30.3 Å². The van der Waals surface area contributed by atoms with Crippen LogP contribution < -0.4 is 24.3 Å². The summed E-state index contributed by atoms with van der Waals surface area (Å²) >= 11 is 0. The van der Waals surface area contributed by atoms with Crippen molar-refractivity contribution in [3.63, 3.8) is 0 Å². The Kier molecular flexibility index (Phi) is 5.94. The summed E-state index contributed by atoms with van der Waals surface area (Å²) in [5.41, 5.74) is 2.86. The van der Waals surface area contributed by atoms with Crippen LogP contribution in [0.2, 0.25) is 0 Å². The predicted octanol–water partition coefficient (Wildman–Crippen LogP) is 4.60. The van der Waals surface area contributed by atoms with E-state index in [1.165, 1.54) is 0 Å². The molecule has 0 spiro atoms. The van der Waals surface area contributed by atoms with Gasteiger partial charge < -0.3 is 24.3 Å². The summed E-state index contributed by atoms with van der Waals surface area (Å²) in [6.07, 6.45) is 0. The molecule has 170 valence electrons. The van der Waals surface area contributed by atoms with Crippen LogP contribution in [-0.2, 0) is 6.54 Å². The minimum absolute atomic E-state index is 0.188. The normalized spacial score (nSPS) is 11.7. The Balaban J connectivity index is 1.23. The Morgan fingerprint density at radius 1 is 0.912 bits per heavy atom. The summed E-state index contributed by atoms with van der Waals surface area (Å²) in [5, 5.41) is 11.3. The van der Waals surface area contributed by atoms with Gasteiger partial charge in [0.15, 0.2) is 11.5 Å². The van der Waals surface area contributed by atoms with E-state index in [4.69, 9.17) is 18.9 Å². The molecule has 1 aromatic heterocycles. The molecule has 2 heterocycles. The first-order valence-corrected chi connectivity index (χ1v) is 10.6. The zero-order chi connectivity index (χ0) is 23.3. The Hall–Kier alpha value is -4.59. The SMILES string of the molecule is COc1ccc(Oc2ccc(-c3cccc(C(=O)NCc4ccc5c(c4)OCO5)c3)nn2)cc1. The summed E-state index contributed by atoms with van der Waals surface area (Å²) in [5.74, 6) is 2.95. The van der Waals surface area contributed by atoms with E-state index in [1.54, 1.807) is 55.6 Å². The van der Waals surface area contributed by atoms with Crippen LogP contribution in [0.4, 0.5) is 0 Å². The van der Waals surface area contributed by atoms with Crippen LogP contribution in [-0.4, -0.2) is 30.0 Å². The third-order valence-corrected chi connectivity index (χ3v) is 5.23. The number of nitrogens with zero attached hydrogens (tertiary/aromatic N) is 2. The van der Waals surface area contributed by atoms with Gasteiger partial charge in [-0.05, 0) is 60.2 Å². The van der Waals surface area contributed by atoms with Gasteiger partial charge in [0, 0.05) is 23.7 Å². The number of carbonyl (C=O) groups excluding carboxylic acids is 1. The molecule has 0 unspecified atom stereocenters. The predicted molar refractivity (Wildman–Crippen MR) is 124 cm³/mol. The number of hydrogen-bond acceptors (Lipinski definition) is 7. The van der Waals surface area contributed by atoms with Crippen molar-refractivity contribution in [3.05, 3.63) is 90.0 Å². The molecule has 0 saturated heterocycles. The van der Waals surface area contributed by atoms with E-state index in [2.05, 4.69) is 15.5 Å². The van der Waals surface area contributed by atoms with E-state index >= 15 is 0 Å². The van der Waals surface area contributed by atoms with Gasteiger partial charge in [-0.25, -0.2) is 0 Å². The fourth-order valence-electron chi connectivity index (χ4n) is 3.45. The number of ether oxygens (including phenoxy) is 4. The first kappa shape index (κ1) is 21.3. The fourth-order valence-corrected chi connectivity index (χ4v) is 3.45. The monoisotopic (exact) mass is 455 g/mol. The molecule has 0 fully saturated rings. The van der Waals surface area contributed by atoms with Crippen molar-refractivity contribution in [2.75, 3.05) is 13.9 Å². The third-order valence-electron chi connectivity index (χ3n) is 5.23. The van der Waals surface area contributed by atoms with Crippen LogP contribution in [0.15, 0.2) is 78.9 Å². The van der Waals surface area contributed by atoms with Gasteiger partial charge in [0.1, 0.15) is 11.5 Å². The minimum atomic E-state index is -0.188. The summed E-state index contributed by atoms with van der Waals surface area (Å²) in [4.78, 5) is 12.7. The van der Waals surface area contributed by atoms with Gasteiger partial charge in [-0.2, -0.15) is 0 Å². The maximum Gasteiger partial charge on any atom is 0.251 e. The molecule has 1 aliphatic rings. The molecule has 5 rings (SSSR count). The number of rotatable bonds is 7. The Morgan fingerprint density at radius 3 is 2.53 bits per heavy atom. The maximum atomic E-state index is 12.7. The van der Waals surface area contributed by atoms with Crippen molar-refractivity contribution in [1.82, 2.24) is 15.5 Å². The lowest BCUT2D eigenvalue weighted by molar-refractivity contribution is 0.0951. The number of hydrogen-bond donors (Lipinski definition) is 1. The van der Waals surface area contributed by atoms with Crippen molar-refractivity contribution < 1.29 is 23.7 Å². The van der Waals surface area contributed by atoms with Gasteiger partial charge in [-0.1, -0.05) is 18.2 Å². The minimum Gasteiger partial charge on any atom is -0.497 e. The van der Waals surface area contributed by atoms with Gasteiger partial charge in [0.05, 0.1) is 12.8 Å². The van der Waals surface area contributed by atoms with E-state index in [-0.39, 0.29) is 12.7 Å². The van der Waals surface area contributed by atoms with E-state index in [0.29, 0.717) is 40.9 Å². The molecule has 4 aromatic rings. The van der Waals surface area contributed by atoms with Crippen molar-refractivity contribution in [2.45, 2.75) is 6.54 Å². The fraction of sp³-hybridized carbons (Fsp3) is 0.115. The first-order chi connectivity index (χ1) is 16.7. The van der Waals surface area contributed by atoms with Gasteiger partial charge in [-0.3, -0.25) is 4.79 Å². The number of methoxy groups -OCH3 is 1. The van der Waals surface area contributed by atoms with Crippen molar-refractivity contribution in [2.24, 2.45) is 0 Å². The lowest BCUT2D eigenvalue weighted by Gasteiger charge is -2.08. The van der Waals surface area contributed by atoms with Crippen molar-refractivity contribution >= 4 is 5.91 Å². The first-order valence-electron chi connectivity index (χ1n) is 10.6. The second kappa shape index (κ2) is 9.50. The smallest absolute Gasteiger partial charge is 0.251 e. The third kappa shape index (κ3) is 4.75. The van der Waals surface area contributed by atoms with Gasteiger partial charge >= 0.3 is 0 Å². The standard InChI is InChI=1S/C26H21N3O5/c1-31-20-6-8-21(9-7-20)34-25-12-10-22(28-29-25)18-3-2-4-19(14-18)26(30)27-15-17-5-11-23-24(13-17)33-16-32-23/h2-14H,15-16H2,1H3,(H,27,30). The average molecular weight is 455 g/mol. The van der Waals surface area contributed by atoms with E-state index in [0.717, 1.165) is 16.9 Å². The number of carbonyl (C=O) groups is 1. The highest BCUT2D eigenvalue weighted by molar-refractivity contribution is 5.95. The van der Waals surface area contributed by atoms with Gasteiger partial charge in [-0.15, -0.1) is 10.2 Å². The summed E-state index contributed by atoms with van der Waals surface area (Å²) < 4.78 is 21.6. The Labute approximate surface area is 196 Å². The number of nitrogens with one attached hydrogen (secondary N) is 1. The number of fused-ring (bicyclic) bond motifs is 1. The van der Waals surface area contributed by atoms with Gasteiger partial charge in [0.2, 0.25) is 12.7 Å². The number of benzene rings is 3. The maximum absolute atomic E-state index is 12.7. The summed E-state index contributed by atoms with van der Waals surface area (Å²) in [6, 6.07) is 23.6. The molecular weight excluding hydrogens is 434 g/mol. The second-order valence-electron chi connectivity index (χ2n) is 7.49. The highest BCUT2D eigenvalue weighted by atomic mass is 16.7. The van der Waals surface area contributed by atoms with Crippen LogP contribution in [0.3, 0.4) is 0 Å². The lowest BCUT2D eigenvalue weighted by atomic mass is 10.1. The van der Waals surface area contributed by atoms with Crippen LogP contribution >= 0.6 is 0 Å². The molecule has 1 amide bonds. The van der Waals surface area contributed by atoms with E-state index in [9.17, 15) is 4.79 Å². The molecular formula is C26H21N3O5. The number of aromatic nitrogens is 2. The molecule has 0 aliphatic carbocycles. The summed E-state index contributed by atoms with van der Waals surface area (Å²) in [6.45, 7) is 0.590. The zero-order valence-electron chi connectivity index (χ0n) is 18.4. The quantitative estimate of drug-likeness (QED) is 0.435. The molecule has 1 N–H and O–H groups in total. The largest absolute Gasteiger partial charge is 0.497 e. The van der Waals surface area contributed by atoms with Crippen LogP contribution in [0, 0.1) is 0 Å².